The molecule has 2 aliphatic rings. The van der Waals surface area contributed by atoms with Gasteiger partial charge in [0.25, 0.3) is 0 Å². The fourth-order valence-electron chi connectivity index (χ4n) is 3.93. The summed E-state index contributed by atoms with van der Waals surface area (Å²) in [5, 5.41) is 0. The van der Waals surface area contributed by atoms with Gasteiger partial charge in [0.05, 0.1) is 7.11 Å². The standard InChI is InChI=1S/C19H22N2O/c1-22-16-8-7-14-13-21(18(12-20)17(14)11-16)19(9-10-19)15-5-3-2-4-6-15/h2-8,11,18H,9-10,12-13,20H2,1H3. The number of nitrogens with two attached hydrogens (primary N) is 1. The molecule has 1 saturated carbocycles. The molecule has 1 atom stereocenters. The van der Waals surface area contributed by atoms with Crippen molar-refractivity contribution in [2.24, 2.45) is 5.73 Å². The van der Waals surface area contributed by atoms with Crippen molar-refractivity contribution in [3.8, 4) is 5.75 Å². The van der Waals surface area contributed by atoms with E-state index in [2.05, 4.69) is 53.4 Å². The number of ether oxygens (including phenoxy) is 1. The number of hydrogen-bond acceptors (Lipinski definition) is 3. The topological polar surface area (TPSA) is 38.5 Å². The summed E-state index contributed by atoms with van der Waals surface area (Å²) in [6.07, 6.45) is 2.44. The van der Waals surface area contributed by atoms with Gasteiger partial charge < -0.3 is 10.5 Å². The van der Waals surface area contributed by atoms with Crippen LogP contribution in [0, 0.1) is 0 Å². The fourth-order valence-corrected chi connectivity index (χ4v) is 3.93. The van der Waals surface area contributed by atoms with Crippen molar-refractivity contribution in [3.63, 3.8) is 0 Å². The summed E-state index contributed by atoms with van der Waals surface area (Å²) in [6, 6.07) is 17.6. The van der Waals surface area contributed by atoms with Crippen LogP contribution in [0.2, 0.25) is 0 Å². The summed E-state index contributed by atoms with van der Waals surface area (Å²) in [7, 11) is 1.72. The lowest BCUT2D eigenvalue weighted by Gasteiger charge is -2.33. The molecule has 1 aliphatic heterocycles. The van der Waals surface area contributed by atoms with Gasteiger partial charge in [-0.2, -0.15) is 0 Å². The number of nitrogens with zero attached hydrogens (tertiary/aromatic N) is 1. The van der Waals surface area contributed by atoms with Crippen LogP contribution in [0.4, 0.5) is 0 Å². The summed E-state index contributed by atoms with van der Waals surface area (Å²) >= 11 is 0. The van der Waals surface area contributed by atoms with Gasteiger partial charge in [-0.25, -0.2) is 0 Å². The molecule has 3 heteroatoms. The molecule has 1 unspecified atom stereocenters. The van der Waals surface area contributed by atoms with Crippen molar-refractivity contribution < 1.29 is 4.74 Å². The number of hydrogen-bond donors (Lipinski definition) is 1. The van der Waals surface area contributed by atoms with E-state index in [9.17, 15) is 0 Å². The van der Waals surface area contributed by atoms with Gasteiger partial charge in [0, 0.05) is 24.7 Å². The van der Waals surface area contributed by atoms with Crippen molar-refractivity contribution in [1.29, 1.82) is 0 Å². The van der Waals surface area contributed by atoms with Crippen LogP contribution in [0.15, 0.2) is 48.5 Å². The Labute approximate surface area is 131 Å². The highest BCUT2D eigenvalue weighted by molar-refractivity contribution is 5.43. The van der Waals surface area contributed by atoms with E-state index in [4.69, 9.17) is 10.5 Å². The molecule has 22 heavy (non-hydrogen) atoms. The summed E-state index contributed by atoms with van der Waals surface area (Å²) < 4.78 is 5.39. The van der Waals surface area contributed by atoms with Crippen molar-refractivity contribution in [2.75, 3.05) is 13.7 Å². The quantitative estimate of drug-likeness (QED) is 0.941. The zero-order valence-electron chi connectivity index (χ0n) is 13.0. The largest absolute Gasteiger partial charge is 0.497 e. The molecule has 0 aromatic heterocycles. The van der Waals surface area contributed by atoms with Gasteiger partial charge in [-0.3, -0.25) is 4.90 Å². The Morgan fingerprint density at radius 3 is 2.59 bits per heavy atom. The van der Waals surface area contributed by atoms with E-state index in [0.717, 1.165) is 12.3 Å². The molecule has 4 rings (SSSR count). The first-order chi connectivity index (χ1) is 10.8. The average molecular weight is 294 g/mol. The van der Waals surface area contributed by atoms with E-state index < -0.39 is 0 Å². The van der Waals surface area contributed by atoms with Gasteiger partial charge in [0.15, 0.2) is 0 Å². The van der Waals surface area contributed by atoms with Gasteiger partial charge in [0.1, 0.15) is 5.75 Å². The smallest absolute Gasteiger partial charge is 0.119 e. The zero-order chi connectivity index (χ0) is 15.2. The molecule has 3 nitrogen and oxygen atoms in total. The molecule has 1 heterocycles. The molecule has 0 amide bonds. The molecule has 1 aliphatic carbocycles. The van der Waals surface area contributed by atoms with E-state index in [0.29, 0.717) is 6.54 Å². The fraction of sp³-hybridized carbons (Fsp3) is 0.368. The maximum Gasteiger partial charge on any atom is 0.119 e. The molecule has 1 fully saturated rings. The van der Waals surface area contributed by atoms with Crippen LogP contribution in [0.25, 0.3) is 0 Å². The summed E-state index contributed by atoms with van der Waals surface area (Å²) in [4.78, 5) is 2.60. The molecule has 0 spiro atoms. The average Bonchev–Trinajstić information content (AvgIpc) is 3.30. The Morgan fingerprint density at radius 2 is 1.95 bits per heavy atom. The molecule has 114 valence electrons. The van der Waals surface area contributed by atoms with Crippen molar-refractivity contribution in [3.05, 3.63) is 65.2 Å². The maximum absolute atomic E-state index is 6.15. The third-order valence-corrected chi connectivity index (χ3v) is 5.24. The van der Waals surface area contributed by atoms with Crippen molar-refractivity contribution in [1.82, 2.24) is 4.90 Å². The lowest BCUT2D eigenvalue weighted by molar-refractivity contribution is 0.129. The molecular weight excluding hydrogens is 272 g/mol. The van der Waals surface area contributed by atoms with Crippen LogP contribution in [-0.2, 0) is 12.1 Å². The highest BCUT2D eigenvalue weighted by Crippen LogP contribution is 2.56. The normalized spacial score (nSPS) is 22.4. The second-order valence-corrected chi connectivity index (χ2v) is 6.34. The highest BCUT2D eigenvalue weighted by Gasteiger charge is 2.53. The number of fused-ring (bicyclic) bond motifs is 1. The van der Waals surface area contributed by atoms with Gasteiger partial charge in [-0.15, -0.1) is 0 Å². The number of rotatable bonds is 4. The monoisotopic (exact) mass is 294 g/mol. The van der Waals surface area contributed by atoms with Crippen LogP contribution in [-0.4, -0.2) is 18.6 Å². The highest BCUT2D eigenvalue weighted by atomic mass is 16.5. The summed E-state index contributed by atoms with van der Waals surface area (Å²) in [5.74, 6) is 0.920. The van der Waals surface area contributed by atoms with Crippen LogP contribution >= 0.6 is 0 Å². The minimum absolute atomic E-state index is 0.178. The first-order valence-corrected chi connectivity index (χ1v) is 7.97. The molecular formula is C19H22N2O. The van der Waals surface area contributed by atoms with E-state index in [1.807, 2.05) is 0 Å². The predicted octanol–water partition coefficient (Wildman–Crippen LogP) is 3.20. The molecule has 0 radical (unpaired) electrons. The van der Waals surface area contributed by atoms with Gasteiger partial charge in [-0.05, 0) is 41.7 Å². The minimum atomic E-state index is 0.178. The van der Waals surface area contributed by atoms with E-state index in [1.165, 1.54) is 29.5 Å². The van der Waals surface area contributed by atoms with Crippen molar-refractivity contribution in [2.45, 2.75) is 31.0 Å². The van der Waals surface area contributed by atoms with Gasteiger partial charge in [0.2, 0.25) is 0 Å². The van der Waals surface area contributed by atoms with E-state index in [1.54, 1.807) is 7.11 Å². The third kappa shape index (κ3) is 1.97. The third-order valence-electron chi connectivity index (χ3n) is 5.24. The predicted molar refractivity (Wildman–Crippen MR) is 87.7 cm³/mol. The van der Waals surface area contributed by atoms with Crippen LogP contribution in [0.5, 0.6) is 5.75 Å². The second kappa shape index (κ2) is 5.11. The van der Waals surface area contributed by atoms with Crippen LogP contribution < -0.4 is 10.5 Å². The first-order valence-electron chi connectivity index (χ1n) is 7.97. The Balaban J connectivity index is 1.72. The van der Waals surface area contributed by atoms with Crippen LogP contribution in [0.1, 0.15) is 35.6 Å². The molecule has 2 N–H and O–H groups in total. The Kier molecular flexibility index (Phi) is 3.21. The van der Waals surface area contributed by atoms with E-state index in [-0.39, 0.29) is 11.6 Å². The van der Waals surface area contributed by atoms with Gasteiger partial charge >= 0.3 is 0 Å². The van der Waals surface area contributed by atoms with E-state index >= 15 is 0 Å². The molecule has 2 aromatic rings. The maximum atomic E-state index is 6.15. The summed E-state index contributed by atoms with van der Waals surface area (Å²) in [5.41, 5.74) is 10.5. The minimum Gasteiger partial charge on any atom is -0.497 e. The molecule has 2 aromatic carbocycles. The first kappa shape index (κ1) is 13.8. The number of methoxy groups -OCH3 is 1. The SMILES string of the molecule is COc1ccc2c(c1)C(CN)N(C1(c3ccccc3)CC1)C2. The van der Waals surface area contributed by atoms with Crippen LogP contribution in [0.3, 0.4) is 0 Å². The Morgan fingerprint density at radius 1 is 1.18 bits per heavy atom. The van der Waals surface area contributed by atoms with Gasteiger partial charge in [-0.1, -0.05) is 36.4 Å². The number of benzene rings is 2. The van der Waals surface area contributed by atoms with Crippen molar-refractivity contribution >= 4 is 0 Å². The Hall–Kier alpha value is -1.84. The lowest BCUT2D eigenvalue weighted by atomic mass is 10.0. The summed E-state index contributed by atoms with van der Waals surface area (Å²) in [6.45, 7) is 1.63. The second-order valence-electron chi connectivity index (χ2n) is 6.34. The molecule has 0 bridgehead atoms. The zero-order valence-corrected chi connectivity index (χ0v) is 13.0. The molecule has 0 saturated heterocycles. The Bertz CT molecular complexity index is 679. The lowest BCUT2D eigenvalue weighted by Crippen LogP contribution is -2.37.